The lowest BCUT2D eigenvalue weighted by molar-refractivity contribution is -0.121. The van der Waals surface area contributed by atoms with E-state index in [2.05, 4.69) is 32.8 Å². The Bertz CT molecular complexity index is 461. The van der Waals surface area contributed by atoms with Crippen molar-refractivity contribution in [3.63, 3.8) is 0 Å². The van der Waals surface area contributed by atoms with Gasteiger partial charge in [-0.2, -0.15) is 0 Å². The monoisotopic (exact) mass is 279 g/mol. The number of anilines is 2. The number of rotatable bonds is 7. The molecule has 6 heteroatoms. The van der Waals surface area contributed by atoms with Gasteiger partial charge in [-0.1, -0.05) is 6.92 Å². The molecule has 0 saturated carbocycles. The van der Waals surface area contributed by atoms with Crippen molar-refractivity contribution >= 4 is 17.5 Å². The molecule has 0 aliphatic carbocycles. The largest absolute Gasteiger partial charge is 0.370 e. The summed E-state index contributed by atoms with van der Waals surface area (Å²) in [5, 5.41) is 9.02. The first-order valence-corrected chi connectivity index (χ1v) is 7.12. The van der Waals surface area contributed by atoms with Crippen LogP contribution in [-0.2, 0) is 11.2 Å². The number of carbonyl (C=O) groups excluding carboxylic acids is 1. The second-order valence-corrected chi connectivity index (χ2v) is 4.72. The average Bonchev–Trinajstić information content (AvgIpc) is 2.43. The smallest absolute Gasteiger partial charge is 0.241 e. The highest BCUT2D eigenvalue weighted by Crippen LogP contribution is 2.21. The second kappa shape index (κ2) is 7.67. The van der Waals surface area contributed by atoms with Gasteiger partial charge < -0.3 is 16.0 Å². The van der Waals surface area contributed by atoms with Crippen molar-refractivity contribution in [2.45, 2.75) is 46.6 Å². The van der Waals surface area contributed by atoms with Gasteiger partial charge in [-0.3, -0.25) is 4.79 Å². The summed E-state index contributed by atoms with van der Waals surface area (Å²) >= 11 is 0. The van der Waals surface area contributed by atoms with E-state index < -0.39 is 0 Å². The molecular weight excluding hydrogens is 254 g/mol. The molecule has 112 valence electrons. The molecule has 3 N–H and O–H groups in total. The van der Waals surface area contributed by atoms with Crippen LogP contribution in [0.4, 0.5) is 11.6 Å². The highest BCUT2D eigenvalue weighted by Gasteiger charge is 2.15. The summed E-state index contributed by atoms with van der Waals surface area (Å²) in [6.45, 7) is 8.69. The van der Waals surface area contributed by atoms with Crippen LogP contribution in [-0.4, -0.2) is 35.5 Å². The van der Waals surface area contributed by atoms with E-state index >= 15 is 0 Å². The molecule has 1 aromatic heterocycles. The summed E-state index contributed by atoms with van der Waals surface area (Å²) in [6.07, 6.45) is 1.81. The number of nitrogens with zero attached hydrogens (tertiary/aromatic N) is 2. The number of amides is 1. The van der Waals surface area contributed by atoms with Gasteiger partial charge >= 0.3 is 0 Å². The Balaban J connectivity index is 3.06. The van der Waals surface area contributed by atoms with Crippen LogP contribution in [0.5, 0.6) is 0 Å². The number of aryl methyl sites for hydroxylation is 1. The Morgan fingerprint density at radius 2 is 1.90 bits per heavy atom. The third kappa shape index (κ3) is 4.08. The molecule has 1 atom stereocenters. The molecule has 0 aliphatic heterocycles. The highest BCUT2D eigenvalue weighted by molar-refractivity contribution is 5.84. The van der Waals surface area contributed by atoms with Gasteiger partial charge in [0.25, 0.3) is 0 Å². The number of hydrogen-bond acceptors (Lipinski definition) is 5. The molecule has 1 rings (SSSR count). The first kappa shape index (κ1) is 16.2. The zero-order chi connectivity index (χ0) is 15.1. The molecule has 0 saturated heterocycles. The molecule has 1 unspecified atom stereocenters. The Morgan fingerprint density at radius 3 is 2.45 bits per heavy atom. The van der Waals surface area contributed by atoms with Crippen LogP contribution < -0.4 is 16.0 Å². The predicted molar refractivity (Wildman–Crippen MR) is 82.1 cm³/mol. The topological polar surface area (TPSA) is 78.9 Å². The molecule has 1 amide bonds. The van der Waals surface area contributed by atoms with Gasteiger partial charge in [0.05, 0.1) is 0 Å². The molecule has 0 bridgehead atoms. The molecular formula is C14H25N5O. The van der Waals surface area contributed by atoms with Crippen molar-refractivity contribution in [3.8, 4) is 0 Å². The standard InChI is InChI=1S/C14H25N5O/c1-6-8-11-18-12(16-7-2)9(3)13(19-11)17-10(4)14(20)15-5/h10H,6-8H2,1-5H3,(H,15,20)(H2,16,17,18,19). The van der Waals surface area contributed by atoms with Crippen LogP contribution in [0.15, 0.2) is 0 Å². The van der Waals surface area contributed by atoms with Gasteiger partial charge in [-0.05, 0) is 27.2 Å². The van der Waals surface area contributed by atoms with Crippen LogP contribution in [0, 0.1) is 6.92 Å². The van der Waals surface area contributed by atoms with Gasteiger partial charge in [-0.15, -0.1) is 0 Å². The summed E-state index contributed by atoms with van der Waals surface area (Å²) in [5.74, 6) is 2.28. The molecule has 0 aliphatic rings. The van der Waals surface area contributed by atoms with E-state index in [-0.39, 0.29) is 11.9 Å². The maximum atomic E-state index is 11.6. The first-order chi connectivity index (χ1) is 9.53. The molecule has 0 aromatic carbocycles. The van der Waals surface area contributed by atoms with E-state index in [0.717, 1.165) is 42.4 Å². The lowest BCUT2D eigenvalue weighted by atomic mass is 10.2. The zero-order valence-electron chi connectivity index (χ0n) is 13.0. The van der Waals surface area contributed by atoms with Gasteiger partial charge in [0, 0.05) is 25.6 Å². The SMILES string of the molecule is CCCc1nc(NCC)c(C)c(NC(C)C(=O)NC)n1. The minimum atomic E-state index is -0.336. The first-order valence-electron chi connectivity index (χ1n) is 7.12. The molecule has 1 heterocycles. The fraction of sp³-hybridized carbons (Fsp3) is 0.643. The third-order valence-corrected chi connectivity index (χ3v) is 3.00. The number of aromatic nitrogens is 2. The van der Waals surface area contributed by atoms with E-state index in [4.69, 9.17) is 0 Å². The maximum Gasteiger partial charge on any atom is 0.241 e. The quantitative estimate of drug-likeness (QED) is 0.708. The van der Waals surface area contributed by atoms with Gasteiger partial charge in [0.15, 0.2) is 0 Å². The van der Waals surface area contributed by atoms with Crippen molar-refractivity contribution < 1.29 is 4.79 Å². The summed E-state index contributed by atoms with van der Waals surface area (Å²) in [5.41, 5.74) is 0.933. The van der Waals surface area contributed by atoms with Gasteiger partial charge in [0.2, 0.25) is 5.91 Å². The van der Waals surface area contributed by atoms with Crippen molar-refractivity contribution in [2.24, 2.45) is 0 Å². The second-order valence-electron chi connectivity index (χ2n) is 4.72. The highest BCUT2D eigenvalue weighted by atomic mass is 16.2. The normalized spacial score (nSPS) is 11.8. The predicted octanol–water partition coefficient (Wildman–Crippen LogP) is 1.72. The van der Waals surface area contributed by atoms with Crippen molar-refractivity contribution in [1.82, 2.24) is 15.3 Å². The molecule has 1 aromatic rings. The molecule has 20 heavy (non-hydrogen) atoms. The van der Waals surface area contributed by atoms with Crippen LogP contribution >= 0.6 is 0 Å². The van der Waals surface area contributed by atoms with E-state index in [1.807, 2.05) is 20.8 Å². The third-order valence-electron chi connectivity index (χ3n) is 3.00. The van der Waals surface area contributed by atoms with Crippen LogP contribution in [0.1, 0.15) is 38.6 Å². The van der Waals surface area contributed by atoms with E-state index in [1.165, 1.54) is 0 Å². The molecule has 6 nitrogen and oxygen atoms in total. The minimum absolute atomic E-state index is 0.0648. The van der Waals surface area contributed by atoms with Crippen LogP contribution in [0.2, 0.25) is 0 Å². The summed E-state index contributed by atoms with van der Waals surface area (Å²) < 4.78 is 0. The number of likely N-dealkylation sites (N-methyl/N-ethyl adjacent to an activating group) is 1. The van der Waals surface area contributed by atoms with Crippen molar-refractivity contribution in [2.75, 3.05) is 24.2 Å². The van der Waals surface area contributed by atoms with E-state index in [1.54, 1.807) is 7.05 Å². The number of nitrogens with one attached hydrogen (secondary N) is 3. The fourth-order valence-corrected chi connectivity index (χ4v) is 1.87. The summed E-state index contributed by atoms with van der Waals surface area (Å²) in [4.78, 5) is 20.7. The van der Waals surface area contributed by atoms with Crippen LogP contribution in [0.25, 0.3) is 0 Å². The summed E-state index contributed by atoms with van der Waals surface area (Å²) in [7, 11) is 1.62. The van der Waals surface area contributed by atoms with Crippen LogP contribution in [0.3, 0.4) is 0 Å². The van der Waals surface area contributed by atoms with Crippen molar-refractivity contribution in [1.29, 1.82) is 0 Å². The lowest BCUT2D eigenvalue weighted by Crippen LogP contribution is -2.35. The Labute approximate surface area is 120 Å². The Kier molecular flexibility index (Phi) is 6.21. The van der Waals surface area contributed by atoms with Gasteiger partial charge in [0.1, 0.15) is 23.5 Å². The number of hydrogen-bond donors (Lipinski definition) is 3. The van der Waals surface area contributed by atoms with E-state index in [9.17, 15) is 4.79 Å². The van der Waals surface area contributed by atoms with E-state index in [0.29, 0.717) is 0 Å². The Hall–Kier alpha value is -1.85. The minimum Gasteiger partial charge on any atom is -0.370 e. The Morgan fingerprint density at radius 1 is 1.25 bits per heavy atom. The van der Waals surface area contributed by atoms with Gasteiger partial charge in [-0.25, -0.2) is 9.97 Å². The summed E-state index contributed by atoms with van der Waals surface area (Å²) in [6, 6.07) is -0.336. The fourth-order valence-electron chi connectivity index (χ4n) is 1.87. The lowest BCUT2D eigenvalue weighted by Gasteiger charge is -2.17. The maximum absolute atomic E-state index is 11.6. The molecule has 0 fully saturated rings. The zero-order valence-corrected chi connectivity index (χ0v) is 13.0. The average molecular weight is 279 g/mol. The molecule has 0 spiro atoms. The van der Waals surface area contributed by atoms with Crippen molar-refractivity contribution in [3.05, 3.63) is 11.4 Å². The number of carbonyl (C=O) groups is 1. The molecule has 0 radical (unpaired) electrons.